The molecule has 0 radical (unpaired) electrons. The fraction of sp³-hybridized carbons (Fsp3) is 0.500. The molecule has 1 aliphatic rings. The van der Waals surface area contributed by atoms with Gasteiger partial charge in [0.1, 0.15) is 0 Å². The minimum atomic E-state index is -1.52. The van der Waals surface area contributed by atoms with Crippen molar-refractivity contribution in [2.24, 2.45) is 0 Å². The molecular formula is C14H17F3N2O2. The highest BCUT2D eigenvalue weighted by Crippen LogP contribution is 2.20. The molecule has 2 unspecified atom stereocenters. The van der Waals surface area contributed by atoms with Crippen molar-refractivity contribution in [1.82, 2.24) is 10.6 Å². The van der Waals surface area contributed by atoms with Gasteiger partial charge in [-0.1, -0.05) is 0 Å². The second kappa shape index (κ2) is 5.93. The van der Waals surface area contributed by atoms with Gasteiger partial charge in [-0.25, -0.2) is 18.0 Å². The number of carbonyl (C=O) groups is 1. The van der Waals surface area contributed by atoms with E-state index in [4.69, 9.17) is 4.74 Å². The van der Waals surface area contributed by atoms with Crippen LogP contribution in [0.1, 0.15) is 31.9 Å². The van der Waals surface area contributed by atoms with Crippen molar-refractivity contribution < 1.29 is 22.7 Å². The molecular weight excluding hydrogens is 285 g/mol. The predicted octanol–water partition coefficient (Wildman–Crippen LogP) is 2.64. The minimum absolute atomic E-state index is 0.148. The molecule has 0 aromatic heterocycles. The average molecular weight is 302 g/mol. The molecule has 0 aliphatic carbocycles. The Morgan fingerprint density at radius 1 is 1.33 bits per heavy atom. The molecule has 1 aromatic carbocycles. The van der Waals surface area contributed by atoms with Gasteiger partial charge in [0.2, 0.25) is 0 Å². The van der Waals surface area contributed by atoms with Crippen LogP contribution in [0.4, 0.5) is 18.0 Å². The van der Waals surface area contributed by atoms with Crippen LogP contribution in [-0.4, -0.2) is 24.8 Å². The van der Waals surface area contributed by atoms with Crippen LogP contribution in [0.5, 0.6) is 0 Å². The highest BCUT2D eigenvalue weighted by atomic mass is 19.2. The van der Waals surface area contributed by atoms with E-state index in [1.165, 1.54) is 0 Å². The molecule has 1 saturated heterocycles. The number of hydrogen-bond acceptors (Lipinski definition) is 2. The minimum Gasteiger partial charge on any atom is -0.379 e. The molecule has 7 heteroatoms. The number of nitrogens with one attached hydrogen (secondary N) is 2. The third-order valence-corrected chi connectivity index (χ3v) is 3.49. The summed E-state index contributed by atoms with van der Waals surface area (Å²) < 4.78 is 44.4. The number of amides is 2. The normalized spacial score (nSPS) is 22.9. The van der Waals surface area contributed by atoms with Crippen LogP contribution in [0, 0.1) is 17.5 Å². The summed E-state index contributed by atoms with van der Waals surface area (Å²) in [6.07, 6.45) is 0.689. The molecule has 2 atom stereocenters. The fourth-order valence-electron chi connectivity index (χ4n) is 2.18. The van der Waals surface area contributed by atoms with Crippen LogP contribution in [0.3, 0.4) is 0 Å². The Labute approximate surface area is 120 Å². The zero-order valence-corrected chi connectivity index (χ0v) is 11.8. The fourth-order valence-corrected chi connectivity index (χ4v) is 2.18. The quantitative estimate of drug-likeness (QED) is 0.843. The topological polar surface area (TPSA) is 50.4 Å². The molecule has 1 aromatic rings. The molecule has 4 nitrogen and oxygen atoms in total. The van der Waals surface area contributed by atoms with E-state index in [1.807, 2.05) is 6.92 Å². The van der Waals surface area contributed by atoms with Gasteiger partial charge in [-0.15, -0.1) is 0 Å². The Hall–Kier alpha value is -1.76. The van der Waals surface area contributed by atoms with Gasteiger partial charge in [0.25, 0.3) is 0 Å². The van der Waals surface area contributed by atoms with Crippen LogP contribution >= 0.6 is 0 Å². The monoisotopic (exact) mass is 302 g/mol. The highest BCUT2D eigenvalue weighted by molar-refractivity contribution is 5.75. The van der Waals surface area contributed by atoms with E-state index in [-0.39, 0.29) is 5.56 Å². The van der Waals surface area contributed by atoms with Crippen molar-refractivity contribution in [2.45, 2.75) is 31.8 Å². The van der Waals surface area contributed by atoms with Crippen molar-refractivity contribution >= 4 is 6.03 Å². The van der Waals surface area contributed by atoms with E-state index in [0.717, 1.165) is 12.1 Å². The zero-order chi connectivity index (χ0) is 15.6. The Balaban J connectivity index is 2.00. The van der Waals surface area contributed by atoms with Crippen LogP contribution in [0.2, 0.25) is 0 Å². The van der Waals surface area contributed by atoms with Crippen molar-refractivity contribution in [3.8, 4) is 0 Å². The van der Waals surface area contributed by atoms with Crippen LogP contribution in [0.15, 0.2) is 12.1 Å². The lowest BCUT2D eigenvalue weighted by molar-refractivity contribution is 0.170. The lowest BCUT2D eigenvalue weighted by atomic mass is 10.0. The van der Waals surface area contributed by atoms with E-state index in [9.17, 15) is 18.0 Å². The molecule has 1 aliphatic heterocycles. The summed E-state index contributed by atoms with van der Waals surface area (Å²) in [4.78, 5) is 11.9. The molecule has 1 fully saturated rings. The molecule has 2 N–H and O–H groups in total. The van der Waals surface area contributed by atoms with Gasteiger partial charge in [0, 0.05) is 6.61 Å². The van der Waals surface area contributed by atoms with E-state index < -0.39 is 35.1 Å². The maximum absolute atomic E-state index is 13.2. The van der Waals surface area contributed by atoms with Gasteiger partial charge >= 0.3 is 6.03 Å². The zero-order valence-electron chi connectivity index (χ0n) is 11.8. The van der Waals surface area contributed by atoms with Gasteiger partial charge in [0.05, 0.1) is 18.2 Å². The van der Waals surface area contributed by atoms with Gasteiger partial charge in [-0.3, -0.25) is 0 Å². The number of carbonyl (C=O) groups excluding carboxylic acids is 1. The molecule has 1 heterocycles. The highest BCUT2D eigenvalue weighted by Gasteiger charge is 2.31. The Kier molecular flexibility index (Phi) is 4.41. The maximum Gasteiger partial charge on any atom is 0.315 e. The van der Waals surface area contributed by atoms with Gasteiger partial charge < -0.3 is 15.4 Å². The summed E-state index contributed by atoms with van der Waals surface area (Å²) in [6, 6.07) is 0.592. The lowest BCUT2D eigenvalue weighted by Gasteiger charge is -2.25. The standard InChI is InChI=1S/C14H17F3N2O2/c1-8(9-5-10(15)12(17)11(16)6-9)18-13(20)19-14(2)3-4-21-7-14/h5-6,8H,3-4,7H2,1-2H3,(H2,18,19,20). The van der Waals surface area contributed by atoms with Crippen molar-refractivity contribution in [2.75, 3.05) is 13.2 Å². The summed E-state index contributed by atoms with van der Waals surface area (Å²) in [5.41, 5.74) is -0.308. The second-order valence-corrected chi connectivity index (χ2v) is 5.48. The Morgan fingerprint density at radius 2 is 1.95 bits per heavy atom. The smallest absolute Gasteiger partial charge is 0.315 e. The van der Waals surface area contributed by atoms with Gasteiger partial charge in [-0.2, -0.15) is 0 Å². The largest absolute Gasteiger partial charge is 0.379 e. The molecule has 21 heavy (non-hydrogen) atoms. The van der Waals surface area contributed by atoms with Crippen molar-refractivity contribution in [3.63, 3.8) is 0 Å². The maximum atomic E-state index is 13.2. The number of urea groups is 1. The molecule has 2 amide bonds. The molecule has 0 spiro atoms. The lowest BCUT2D eigenvalue weighted by Crippen LogP contribution is -2.51. The number of benzene rings is 1. The second-order valence-electron chi connectivity index (χ2n) is 5.48. The number of ether oxygens (including phenoxy) is 1. The third-order valence-electron chi connectivity index (χ3n) is 3.49. The number of rotatable bonds is 3. The van der Waals surface area contributed by atoms with Crippen molar-refractivity contribution in [3.05, 3.63) is 35.1 Å². The summed E-state index contributed by atoms with van der Waals surface area (Å²) in [6.45, 7) is 4.38. The first-order valence-electron chi connectivity index (χ1n) is 6.61. The third kappa shape index (κ3) is 3.66. The Morgan fingerprint density at radius 3 is 2.48 bits per heavy atom. The first-order valence-corrected chi connectivity index (χ1v) is 6.61. The first-order chi connectivity index (χ1) is 9.81. The van der Waals surface area contributed by atoms with Crippen molar-refractivity contribution in [1.29, 1.82) is 0 Å². The van der Waals surface area contributed by atoms with E-state index in [1.54, 1.807) is 6.92 Å². The summed E-state index contributed by atoms with van der Waals surface area (Å²) >= 11 is 0. The SMILES string of the molecule is CC(NC(=O)NC1(C)CCOC1)c1cc(F)c(F)c(F)c1. The van der Waals surface area contributed by atoms with E-state index >= 15 is 0 Å². The molecule has 116 valence electrons. The predicted molar refractivity (Wildman–Crippen MR) is 70.2 cm³/mol. The van der Waals surface area contributed by atoms with Crippen LogP contribution in [0.25, 0.3) is 0 Å². The van der Waals surface area contributed by atoms with E-state index in [0.29, 0.717) is 19.6 Å². The molecule has 2 rings (SSSR count). The number of halogens is 3. The average Bonchev–Trinajstić information content (AvgIpc) is 2.81. The molecule has 0 saturated carbocycles. The summed E-state index contributed by atoms with van der Waals surface area (Å²) in [5, 5.41) is 5.32. The molecule has 0 bridgehead atoms. The van der Waals surface area contributed by atoms with Gasteiger partial charge in [0.15, 0.2) is 17.5 Å². The number of hydrogen-bond donors (Lipinski definition) is 2. The van der Waals surface area contributed by atoms with Crippen LogP contribution in [-0.2, 0) is 4.74 Å². The first kappa shape index (κ1) is 15.6. The Bertz CT molecular complexity index is 522. The summed E-state index contributed by atoms with van der Waals surface area (Å²) in [5.74, 6) is -4.09. The van der Waals surface area contributed by atoms with E-state index in [2.05, 4.69) is 10.6 Å². The van der Waals surface area contributed by atoms with Gasteiger partial charge in [-0.05, 0) is 38.0 Å². The summed E-state index contributed by atoms with van der Waals surface area (Å²) in [7, 11) is 0. The van der Waals surface area contributed by atoms with Crippen LogP contribution < -0.4 is 10.6 Å².